The molecule has 5 rings (SSSR count). The maximum atomic E-state index is 12.6. The van der Waals surface area contributed by atoms with E-state index in [0.717, 1.165) is 21.3 Å². The highest BCUT2D eigenvalue weighted by Crippen LogP contribution is 2.32. The standard InChI is InChI=1S/C24H20N6O3S/c31-22-16-8-2-1-7-15(16)21(27-28-22)23(32)29-30-24(33)26-13-18(20-10-5-11-34-20)17-12-25-19-9-4-3-6-14(17)19/h1-12,18,25H,13H2,(H,28,31)(H,29,32)(H2,26,30,33)/t18-/m1/s1. The van der Waals surface area contributed by atoms with Gasteiger partial charge in [0.25, 0.3) is 11.5 Å². The summed E-state index contributed by atoms with van der Waals surface area (Å²) in [5.74, 6) is -0.712. The molecule has 5 aromatic rings. The first-order chi connectivity index (χ1) is 16.6. The van der Waals surface area contributed by atoms with Gasteiger partial charge < -0.3 is 10.3 Å². The molecule has 1 atom stereocenters. The Balaban J connectivity index is 1.27. The number of rotatable bonds is 5. The summed E-state index contributed by atoms with van der Waals surface area (Å²) in [4.78, 5) is 41.4. The van der Waals surface area contributed by atoms with E-state index in [0.29, 0.717) is 17.3 Å². The van der Waals surface area contributed by atoms with E-state index in [9.17, 15) is 14.4 Å². The van der Waals surface area contributed by atoms with Crippen LogP contribution in [0.15, 0.2) is 77.0 Å². The summed E-state index contributed by atoms with van der Waals surface area (Å²) in [6, 6.07) is 18.1. The van der Waals surface area contributed by atoms with Crippen molar-refractivity contribution in [2.24, 2.45) is 0 Å². The minimum Gasteiger partial charge on any atom is -0.361 e. The number of nitrogens with zero attached hydrogens (tertiary/aromatic N) is 1. The number of urea groups is 1. The van der Waals surface area contributed by atoms with Crippen molar-refractivity contribution >= 4 is 45.0 Å². The number of thiophene rings is 1. The smallest absolute Gasteiger partial charge is 0.333 e. The van der Waals surface area contributed by atoms with E-state index in [4.69, 9.17) is 0 Å². The molecule has 0 spiro atoms. The molecule has 0 bridgehead atoms. The van der Waals surface area contributed by atoms with Gasteiger partial charge in [-0.2, -0.15) is 5.10 Å². The Morgan fingerprint density at radius 2 is 1.71 bits per heavy atom. The number of hydrogen-bond donors (Lipinski definition) is 5. The first-order valence-electron chi connectivity index (χ1n) is 10.5. The number of aromatic nitrogens is 3. The molecule has 0 saturated carbocycles. The molecule has 0 unspecified atom stereocenters. The Kier molecular flexibility index (Phi) is 5.79. The van der Waals surface area contributed by atoms with Crippen LogP contribution in [0.4, 0.5) is 4.79 Å². The summed E-state index contributed by atoms with van der Waals surface area (Å²) in [6.07, 6.45) is 1.96. The van der Waals surface area contributed by atoms with Crippen molar-refractivity contribution in [1.82, 2.24) is 31.3 Å². The minimum atomic E-state index is -0.644. The zero-order valence-electron chi connectivity index (χ0n) is 17.8. The van der Waals surface area contributed by atoms with Crippen molar-refractivity contribution in [1.29, 1.82) is 0 Å². The summed E-state index contributed by atoms with van der Waals surface area (Å²) >= 11 is 1.61. The number of hydrazine groups is 1. The molecular formula is C24H20N6O3S. The van der Waals surface area contributed by atoms with E-state index in [1.807, 2.05) is 48.0 Å². The topological polar surface area (TPSA) is 132 Å². The van der Waals surface area contributed by atoms with E-state index in [-0.39, 0.29) is 11.6 Å². The van der Waals surface area contributed by atoms with Crippen LogP contribution >= 0.6 is 11.3 Å². The molecule has 5 N–H and O–H groups in total. The van der Waals surface area contributed by atoms with Gasteiger partial charge in [-0.1, -0.05) is 42.5 Å². The van der Waals surface area contributed by atoms with Gasteiger partial charge in [-0.3, -0.25) is 15.0 Å². The molecule has 3 amide bonds. The number of hydrogen-bond acceptors (Lipinski definition) is 5. The number of carbonyl (C=O) groups is 2. The number of aromatic amines is 2. The highest BCUT2D eigenvalue weighted by molar-refractivity contribution is 7.10. The van der Waals surface area contributed by atoms with Crippen LogP contribution in [0.25, 0.3) is 21.7 Å². The van der Waals surface area contributed by atoms with Gasteiger partial charge in [0.2, 0.25) is 0 Å². The maximum absolute atomic E-state index is 12.6. The highest BCUT2D eigenvalue weighted by Gasteiger charge is 2.20. The predicted octanol–water partition coefficient (Wildman–Crippen LogP) is 3.24. The molecule has 0 saturated heterocycles. The van der Waals surface area contributed by atoms with Crippen LogP contribution in [0.1, 0.15) is 26.8 Å². The van der Waals surface area contributed by atoms with E-state index >= 15 is 0 Å². The average molecular weight is 473 g/mol. The van der Waals surface area contributed by atoms with E-state index < -0.39 is 17.5 Å². The molecule has 0 fully saturated rings. The Labute approximate surface area is 197 Å². The van der Waals surface area contributed by atoms with Crippen molar-refractivity contribution in [2.45, 2.75) is 5.92 Å². The van der Waals surface area contributed by atoms with E-state index in [1.165, 1.54) is 0 Å². The van der Waals surface area contributed by atoms with Crippen molar-refractivity contribution in [3.05, 3.63) is 98.7 Å². The zero-order chi connectivity index (χ0) is 23.5. The lowest BCUT2D eigenvalue weighted by molar-refractivity contribution is 0.0932. The molecular weight excluding hydrogens is 452 g/mol. The largest absolute Gasteiger partial charge is 0.361 e. The Morgan fingerprint density at radius 3 is 2.50 bits per heavy atom. The molecule has 0 radical (unpaired) electrons. The van der Waals surface area contributed by atoms with Crippen LogP contribution in [0.5, 0.6) is 0 Å². The zero-order valence-corrected chi connectivity index (χ0v) is 18.6. The summed E-state index contributed by atoms with van der Waals surface area (Å²) in [6.45, 7) is 0.323. The normalized spacial score (nSPS) is 11.9. The number of carbonyl (C=O) groups excluding carboxylic acids is 2. The second-order valence-electron chi connectivity index (χ2n) is 7.59. The van der Waals surface area contributed by atoms with Gasteiger partial charge in [-0.05, 0) is 29.1 Å². The third kappa shape index (κ3) is 4.14. The fraction of sp³-hybridized carbons (Fsp3) is 0.0833. The minimum absolute atomic E-state index is 0.00533. The van der Waals surface area contributed by atoms with Crippen molar-refractivity contribution in [2.75, 3.05) is 6.54 Å². The lowest BCUT2D eigenvalue weighted by Crippen LogP contribution is -2.48. The van der Waals surface area contributed by atoms with Gasteiger partial charge in [0.05, 0.1) is 5.39 Å². The third-order valence-electron chi connectivity index (χ3n) is 5.55. The fourth-order valence-corrected chi connectivity index (χ4v) is 4.78. The molecule has 10 heteroatoms. The van der Waals surface area contributed by atoms with Crippen LogP contribution in [0.2, 0.25) is 0 Å². The SMILES string of the molecule is O=C(NC[C@@H](c1cccs1)c1c[nH]c2ccccc12)NNC(=O)c1n[nH]c(=O)c2ccccc12. The first-order valence-corrected chi connectivity index (χ1v) is 11.4. The first kappa shape index (κ1) is 21.4. The van der Waals surface area contributed by atoms with Crippen LogP contribution in [0.3, 0.4) is 0 Å². The maximum Gasteiger partial charge on any atom is 0.333 e. The number of H-pyrrole nitrogens is 2. The van der Waals surface area contributed by atoms with Crippen molar-refractivity contribution < 1.29 is 9.59 Å². The summed E-state index contributed by atoms with van der Waals surface area (Å²) < 4.78 is 0. The van der Waals surface area contributed by atoms with Crippen molar-refractivity contribution in [3.8, 4) is 0 Å². The van der Waals surface area contributed by atoms with Crippen LogP contribution < -0.4 is 21.7 Å². The highest BCUT2D eigenvalue weighted by atomic mass is 32.1. The Hall–Kier alpha value is -4.44. The Morgan fingerprint density at radius 1 is 0.941 bits per heavy atom. The second-order valence-corrected chi connectivity index (χ2v) is 8.57. The van der Waals surface area contributed by atoms with E-state index in [1.54, 1.807) is 35.6 Å². The quantitative estimate of drug-likeness (QED) is 0.251. The van der Waals surface area contributed by atoms with Crippen LogP contribution in [0, 0.1) is 0 Å². The summed E-state index contributed by atoms with van der Waals surface area (Å²) in [7, 11) is 0. The molecule has 0 aliphatic rings. The molecule has 9 nitrogen and oxygen atoms in total. The van der Waals surface area contributed by atoms with Gasteiger partial charge in [0.15, 0.2) is 5.69 Å². The molecule has 3 aromatic heterocycles. The monoisotopic (exact) mass is 472 g/mol. The molecule has 34 heavy (non-hydrogen) atoms. The molecule has 0 aliphatic carbocycles. The van der Waals surface area contributed by atoms with Gasteiger partial charge >= 0.3 is 6.03 Å². The lowest BCUT2D eigenvalue weighted by Gasteiger charge is -2.17. The molecule has 2 aromatic carbocycles. The predicted molar refractivity (Wildman–Crippen MR) is 131 cm³/mol. The van der Waals surface area contributed by atoms with Gasteiger partial charge in [-0.25, -0.2) is 15.3 Å². The van der Waals surface area contributed by atoms with Gasteiger partial charge in [0.1, 0.15) is 0 Å². The molecule has 0 aliphatic heterocycles. The van der Waals surface area contributed by atoms with Crippen LogP contribution in [-0.4, -0.2) is 33.7 Å². The number of fused-ring (bicyclic) bond motifs is 2. The van der Waals surface area contributed by atoms with Gasteiger partial charge in [0, 0.05) is 39.8 Å². The second kappa shape index (κ2) is 9.20. The number of para-hydroxylation sites is 1. The number of amides is 3. The number of benzene rings is 2. The Bertz CT molecular complexity index is 1540. The molecule has 3 heterocycles. The van der Waals surface area contributed by atoms with Crippen LogP contribution in [-0.2, 0) is 0 Å². The molecule has 170 valence electrons. The average Bonchev–Trinajstić information content (AvgIpc) is 3.54. The third-order valence-corrected chi connectivity index (χ3v) is 6.54. The summed E-state index contributed by atoms with van der Waals surface area (Å²) in [5, 5.41) is 12.8. The van der Waals surface area contributed by atoms with Crippen molar-refractivity contribution in [3.63, 3.8) is 0 Å². The van der Waals surface area contributed by atoms with E-state index in [2.05, 4.69) is 31.3 Å². The summed E-state index contributed by atoms with van der Waals surface area (Å²) in [5.41, 5.74) is 6.41. The number of nitrogens with one attached hydrogen (secondary N) is 5. The lowest BCUT2D eigenvalue weighted by atomic mass is 9.97. The fourth-order valence-electron chi connectivity index (χ4n) is 3.94. The van der Waals surface area contributed by atoms with Gasteiger partial charge in [-0.15, -0.1) is 11.3 Å².